The van der Waals surface area contributed by atoms with Crippen LogP contribution >= 0.6 is 0 Å². The lowest BCUT2D eigenvalue weighted by molar-refractivity contribution is -0.122. The molecule has 6 nitrogen and oxygen atoms in total. The number of carbonyl (C=O) groups is 2. The second-order valence-electron chi connectivity index (χ2n) is 7.06. The van der Waals surface area contributed by atoms with E-state index >= 15 is 0 Å². The van der Waals surface area contributed by atoms with Gasteiger partial charge in [-0.25, -0.2) is 0 Å². The van der Waals surface area contributed by atoms with Crippen molar-refractivity contribution >= 4 is 28.4 Å². The van der Waals surface area contributed by atoms with Crippen LogP contribution in [0.3, 0.4) is 0 Å². The number of anilines is 1. The Hall–Kier alpha value is -2.47. The summed E-state index contributed by atoms with van der Waals surface area (Å²) in [5, 5.41) is 3.79. The molecular weight excluding hydrogens is 330 g/mol. The van der Waals surface area contributed by atoms with Gasteiger partial charge in [-0.15, -0.1) is 0 Å². The molecule has 2 amide bonds. The second kappa shape index (κ2) is 7.03. The molecule has 4 rings (SSSR count). The van der Waals surface area contributed by atoms with Gasteiger partial charge in [0.2, 0.25) is 5.91 Å². The van der Waals surface area contributed by atoms with E-state index in [0.29, 0.717) is 37.6 Å². The maximum atomic E-state index is 13.1. The van der Waals surface area contributed by atoms with Gasteiger partial charge < -0.3 is 15.0 Å². The van der Waals surface area contributed by atoms with Gasteiger partial charge in [0, 0.05) is 35.8 Å². The maximum absolute atomic E-state index is 13.1. The van der Waals surface area contributed by atoms with Crippen LogP contribution in [0.5, 0.6) is 0 Å². The Labute approximate surface area is 152 Å². The molecule has 0 spiro atoms. The molecule has 136 valence electrons. The number of nitrogens with zero attached hydrogens (tertiary/aromatic N) is 2. The first kappa shape index (κ1) is 17.0. The summed E-state index contributed by atoms with van der Waals surface area (Å²) >= 11 is 0. The quantitative estimate of drug-likeness (QED) is 0.921. The molecule has 1 aromatic heterocycles. The molecule has 1 saturated heterocycles. The van der Waals surface area contributed by atoms with Crippen molar-refractivity contribution in [2.24, 2.45) is 5.92 Å². The molecule has 0 unspecified atom stereocenters. The Bertz CT molecular complexity index is 855. The Morgan fingerprint density at radius 1 is 1.19 bits per heavy atom. The van der Waals surface area contributed by atoms with E-state index in [9.17, 15) is 9.59 Å². The number of amides is 2. The van der Waals surface area contributed by atoms with Crippen LogP contribution in [0.15, 0.2) is 24.3 Å². The molecule has 6 heteroatoms. The fraction of sp³-hybridized carbons (Fsp3) is 0.450. The highest BCUT2D eigenvalue weighted by atomic mass is 16.5. The Kier molecular flexibility index (Phi) is 4.59. The molecule has 0 bridgehead atoms. The number of hydrogen-bond acceptors (Lipinski definition) is 4. The lowest BCUT2D eigenvalue weighted by atomic mass is 9.85. The largest absolute Gasteiger partial charge is 0.378 e. The van der Waals surface area contributed by atoms with Gasteiger partial charge in [-0.05, 0) is 38.0 Å². The average molecular weight is 353 g/mol. The minimum Gasteiger partial charge on any atom is -0.378 e. The highest BCUT2D eigenvalue weighted by Crippen LogP contribution is 2.29. The zero-order valence-electron chi connectivity index (χ0n) is 15.0. The predicted molar refractivity (Wildman–Crippen MR) is 99.2 cm³/mol. The summed E-state index contributed by atoms with van der Waals surface area (Å²) in [6, 6.07) is 7.48. The Morgan fingerprint density at radius 2 is 1.96 bits per heavy atom. The standard InChI is InChI=1S/C20H23N3O3/c1-13-5-6-16-17(20(25)23-7-9-26-10-8-23)11-15(12-18(16)21-13)22-19(24)14-3-2-4-14/h5-6,11-12,14H,2-4,7-10H2,1H3,(H,22,24). The molecule has 2 fully saturated rings. The maximum Gasteiger partial charge on any atom is 0.254 e. The molecule has 1 aliphatic carbocycles. The number of morpholine rings is 1. The van der Waals surface area contributed by atoms with Gasteiger partial charge in [-0.3, -0.25) is 14.6 Å². The van der Waals surface area contributed by atoms with Gasteiger partial charge in [0.25, 0.3) is 5.91 Å². The van der Waals surface area contributed by atoms with Gasteiger partial charge in [0.05, 0.1) is 24.3 Å². The molecule has 26 heavy (non-hydrogen) atoms. The highest BCUT2D eigenvalue weighted by Gasteiger charge is 2.26. The Balaban J connectivity index is 1.71. The van der Waals surface area contributed by atoms with Crippen molar-refractivity contribution in [1.82, 2.24) is 9.88 Å². The van der Waals surface area contributed by atoms with Crippen LogP contribution in [-0.4, -0.2) is 48.0 Å². The van der Waals surface area contributed by atoms with Crippen molar-refractivity contribution in [3.8, 4) is 0 Å². The zero-order valence-corrected chi connectivity index (χ0v) is 15.0. The van der Waals surface area contributed by atoms with E-state index in [1.165, 1.54) is 0 Å². The summed E-state index contributed by atoms with van der Waals surface area (Å²) in [5.74, 6) is 0.0891. The van der Waals surface area contributed by atoms with Crippen molar-refractivity contribution in [1.29, 1.82) is 0 Å². The van der Waals surface area contributed by atoms with Gasteiger partial charge in [-0.2, -0.15) is 0 Å². The summed E-state index contributed by atoms with van der Waals surface area (Å²) in [5.41, 5.74) is 2.84. The molecule has 2 aliphatic rings. The topological polar surface area (TPSA) is 71.5 Å². The number of fused-ring (bicyclic) bond motifs is 1. The minimum atomic E-state index is -0.0382. The molecule has 1 aromatic carbocycles. The third-order valence-corrected chi connectivity index (χ3v) is 5.22. The van der Waals surface area contributed by atoms with Gasteiger partial charge in [-0.1, -0.05) is 12.5 Å². The fourth-order valence-electron chi connectivity index (χ4n) is 3.44. The van der Waals surface area contributed by atoms with E-state index in [2.05, 4.69) is 10.3 Å². The van der Waals surface area contributed by atoms with E-state index in [-0.39, 0.29) is 17.7 Å². The fourth-order valence-corrected chi connectivity index (χ4v) is 3.44. The van der Waals surface area contributed by atoms with Crippen LogP contribution in [0.1, 0.15) is 35.3 Å². The monoisotopic (exact) mass is 353 g/mol. The van der Waals surface area contributed by atoms with Gasteiger partial charge >= 0.3 is 0 Å². The number of benzene rings is 1. The highest BCUT2D eigenvalue weighted by molar-refractivity contribution is 6.08. The number of hydrogen-bond donors (Lipinski definition) is 1. The zero-order chi connectivity index (χ0) is 18.1. The van der Waals surface area contributed by atoms with E-state index < -0.39 is 0 Å². The summed E-state index contributed by atoms with van der Waals surface area (Å²) in [6.45, 7) is 4.19. The number of carbonyl (C=O) groups excluding carboxylic acids is 2. The van der Waals surface area contributed by atoms with E-state index in [0.717, 1.165) is 35.9 Å². The number of aromatic nitrogens is 1. The van der Waals surface area contributed by atoms with Crippen LogP contribution in [0.4, 0.5) is 5.69 Å². The summed E-state index contributed by atoms with van der Waals surface area (Å²) in [7, 11) is 0. The van der Waals surface area contributed by atoms with Crippen LogP contribution in [-0.2, 0) is 9.53 Å². The molecule has 1 N–H and O–H groups in total. The number of nitrogens with one attached hydrogen (secondary N) is 1. The first-order valence-corrected chi connectivity index (χ1v) is 9.21. The van der Waals surface area contributed by atoms with Crippen molar-refractivity contribution in [3.05, 3.63) is 35.5 Å². The number of rotatable bonds is 3. The van der Waals surface area contributed by atoms with Crippen molar-refractivity contribution in [3.63, 3.8) is 0 Å². The lowest BCUT2D eigenvalue weighted by Gasteiger charge is -2.28. The van der Waals surface area contributed by atoms with Crippen molar-refractivity contribution in [2.45, 2.75) is 26.2 Å². The molecule has 2 heterocycles. The molecule has 1 aliphatic heterocycles. The number of ether oxygens (including phenoxy) is 1. The predicted octanol–water partition coefficient (Wildman–Crippen LogP) is 2.75. The van der Waals surface area contributed by atoms with E-state index in [1.807, 2.05) is 25.1 Å². The molecule has 2 aromatic rings. The molecular formula is C20H23N3O3. The molecule has 1 saturated carbocycles. The van der Waals surface area contributed by atoms with Crippen LogP contribution in [0, 0.1) is 12.8 Å². The van der Waals surface area contributed by atoms with Crippen LogP contribution in [0.25, 0.3) is 10.9 Å². The molecule has 0 radical (unpaired) electrons. The first-order valence-electron chi connectivity index (χ1n) is 9.21. The lowest BCUT2D eigenvalue weighted by Crippen LogP contribution is -2.40. The minimum absolute atomic E-state index is 0.0352. The van der Waals surface area contributed by atoms with Crippen molar-refractivity contribution < 1.29 is 14.3 Å². The van der Waals surface area contributed by atoms with Crippen LogP contribution < -0.4 is 5.32 Å². The van der Waals surface area contributed by atoms with Crippen LogP contribution in [0.2, 0.25) is 0 Å². The van der Waals surface area contributed by atoms with Gasteiger partial charge in [0.15, 0.2) is 0 Å². The number of pyridine rings is 1. The Morgan fingerprint density at radius 3 is 2.65 bits per heavy atom. The molecule has 0 atom stereocenters. The first-order chi connectivity index (χ1) is 12.6. The van der Waals surface area contributed by atoms with E-state index in [4.69, 9.17) is 4.74 Å². The smallest absolute Gasteiger partial charge is 0.254 e. The average Bonchev–Trinajstić information content (AvgIpc) is 2.59. The SMILES string of the molecule is Cc1ccc2c(C(=O)N3CCOCC3)cc(NC(=O)C3CCC3)cc2n1. The summed E-state index contributed by atoms with van der Waals surface area (Å²) in [6.07, 6.45) is 2.99. The summed E-state index contributed by atoms with van der Waals surface area (Å²) < 4.78 is 5.35. The van der Waals surface area contributed by atoms with Crippen molar-refractivity contribution in [2.75, 3.05) is 31.6 Å². The normalized spacial score (nSPS) is 17.8. The third-order valence-electron chi connectivity index (χ3n) is 5.22. The number of aryl methyl sites for hydroxylation is 1. The summed E-state index contributed by atoms with van der Waals surface area (Å²) in [4.78, 5) is 31.8. The van der Waals surface area contributed by atoms with Gasteiger partial charge in [0.1, 0.15) is 0 Å². The second-order valence-corrected chi connectivity index (χ2v) is 7.06. The third kappa shape index (κ3) is 3.29. The van der Waals surface area contributed by atoms with E-state index in [1.54, 1.807) is 11.0 Å².